The second-order valence-electron chi connectivity index (χ2n) is 4.92. The Labute approximate surface area is 118 Å². The number of carbonyl (C=O) groups excluding carboxylic acids is 2. The van der Waals surface area contributed by atoms with E-state index in [1.54, 1.807) is 13.2 Å². The van der Waals surface area contributed by atoms with Gasteiger partial charge in [-0.15, -0.1) is 5.10 Å². The van der Waals surface area contributed by atoms with Crippen LogP contribution in [0.25, 0.3) is 0 Å². The topological polar surface area (TPSA) is 101 Å². The summed E-state index contributed by atoms with van der Waals surface area (Å²) in [6.45, 7) is 5.23. The van der Waals surface area contributed by atoms with Gasteiger partial charge in [-0.25, -0.2) is 9.48 Å². The van der Waals surface area contributed by atoms with E-state index in [0.29, 0.717) is 19.0 Å². The van der Waals surface area contributed by atoms with Gasteiger partial charge in [-0.3, -0.25) is 10.1 Å². The average molecular weight is 282 g/mol. The lowest BCUT2D eigenvalue weighted by molar-refractivity contribution is -0.120. The number of nitrogens with zero attached hydrogens (tertiary/aromatic N) is 3. The number of hydrogen-bond donors (Lipinski definition) is 3. The molecule has 1 rings (SSSR count). The first-order chi connectivity index (χ1) is 9.51. The van der Waals surface area contributed by atoms with E-state index < -0.39 is 11.9 Å². The van der Waals surface area contributed by atoms with Crippen LogP contribution in [0.1, 0.15) is 26.0 Å². The maximum atomic E-state index is 11.6. The van der Waals surface area contributed by atoms with Gasteiger partial charge in [-0.1, -0.05) is 19.1 Å². The van der Waals surface area contributed by atoms with Crippen molar-refractivity contribution >= 4 is 11.9 Å². The van der Waals surface area contributed by atoms with Crippen molar-refractivity contribution in [2.75, 3.05) is 13.6 Å². The molecule has 1 heterocycles. The first kappa shape index (κ1) is 16.1. The minimum atomic E-state index is -0.480. The van der Waals surface area contributed by atoms with Crippen LogP contribution in [0.2, 0.25) is 0 Å². The van der Waals surface area contributed by atoms with E-state index in [-0.39, 0.29) is 6.54 Å². The van der Waals surface area contributed by atoms with E-state index in [2.05, 4.69) is 40.1 Å². The van der Waals surface area contributed by atoms with Crippen molar-refractivity contribution in [3.8, 4) is 0 Å². The van der Waals surface area contributed by atoms with Crippen LogP contribution >= 0.6 is 0 Å². The van der Waals surface area contributed by atoms with Crippen molar-refractivity contribution in [2.24, 2.45) is 5.92 Å². The Morgan fingerprint density at radius 1 is 1.40 bits per heavy atom. The maximum absolute atomic E-state index is 11.6. The quantitative estimate of drug-likeness (QED) is 0.646. The summed E-state index contributed by atoms with van der Waals surface area (Å²) in [5.74, 6) is 0.0831. The Balaban J connectivity index is 2.29. The Morgan fingerprint density at radius 3 is 2.80 bits per heavy atom. The predicted molar refractivity (Wildman–Crippen MR) is 73.8 cm³/mol. The Kier molecular flexibility index (Phi) is 6.65. The lowest BCUT2D eigenvalue weighted by Gasteiger charge is -2.07. The molecule has 0 aliphatic rings. The molecule has 0 fully saturated rings. The molecule has 3 amide bonds. The molecule has 0 saturated carbocycles. The number of urea groups is 1. The third-order valence-corrected chi connectivity index (χ3v) is 2.51. The van der Waals surface area contributed by atoms with Crippen LogP contribution in [0.5, 0.6) is 0 Å². The Morgan fingerprint density at radius 2 is 2.15 bits per heavy atom. The van der Waals surface area contributed by atoms with E-state index in [9.17, 15) is 9.59 Å². The minimum absolute atomic E-state index is 0.0334. The molecule has 1 aromatic heterocycles. The molecule has 0 saturated heterocycles. The molecule has 0 atom stereocenters. The number of amides is 3. The standard InChI is InChI=1S/C12H22N6O2/c1-9(2)4-5-14-12(20)15-11(19)8-18-7-10(6-13-3)16-17-18/h7,9,13H,4-6,8H2,1-3H3,(H2,14,15,19,20). The summed E-state index contributed by atoms with van der Waals surface area (Å²) in [4.78, 5) is 23.0. The van der Waals surface area contributed by atoms with Crippen LogP contribution in [0.4, 0.5) is 4.79 Å². The van der Waals surface area contributed by atoms with Gasteiger partial charge < -0.3 is 10.6 Å². The van der Waals surface area contributed by atoms with Crippen molar-refractivity contribution in [3.05, 3.63) is 11.9 Å². The van der Waals surface area contributed by atoms with Crippen LogP contribution in [0.15, 0.2) is 6.20 Å². The van der Waals surface area contributed by atoms with Crippen LogP contribution in [-0.2, 0) is 17.9 Å². The van der Waals surface area contributed by atoms with Gasteiger partial charge in [0.2, 0.25) is 5.91 Å². The summed E-state index contributed by atoms with van der Waals surface area (Å²) in [5.41, 5.74) is 0.738. The van der Waals surface area contributed by atoms with Gasteiger partial charge in [-0.05, 0) is 19.4 Å². The lowest BCUT2D eigenvalue weighted by Crippen LogP contribution is -2.41. The Hall–Kier alpha value is -1.96. The number of nitrogens with one attached hydrogen (secondary N) is 3. The second kappa shape index (κ2) is 8.26. The summed E-state index contributed by atoms with van der Waals surface area (Å²) >= 11 is 0. The summed E-state index contributed by atoms with van der Waals surface area (Å²) in [5, 5.41) is 15.5. The summed E-state index contributed by atoms with van der Waals surface area (Å²) < 4.78 is 1.39. The van der Waals surface area contributed by atoms with Crippen molar-refractivity contribution in [2.45, 2.75) is 33.4 Å². The first-order valence-electron chi connectivity index (χ1n) is 6.62. The number of rotatable bonds is 7. The van der Waals surface area contributed by atoms with Gasteiger partial charge >= 0.3 is 6.03 Å². The molecule has 0 bridgehead atoms. The van der Waals surface area contributed by atoms with E-state index in [0.717, 1.165) is 12.1 Å². The van der Waals surface area contributed by atoms with Crippen molar-refractivity contribution in [1.29, 1.82) is 0 Å². The SMILES string of the molecule is CNCc1cn(CC(=O)NC(=O)NCCC(C)C)nn1. The molecule has 0 radical (unpaired) electrons. The van der Waals surface area contributed by atoms with E-state index in [1.807, 2.05) is 0 Å². The van der Waals surface area contributed by atoms with Gasteiger partial charge in [0, 0.05) is 13.1 Å². The Bertz CT molecular complexity index is 443. The van der Waals surface area contributed by atoms with Gasteiger partial charge in [0.25, 0.3) is 0 Å². The highest BCUT2D eigenvalue weighted by Gasteiger charge is 2.09. The number of imide groups is 1. The molecule has 0 aliphatic carbocycles. The fourth-order valence-electron chi connectivity index (χ4n) is 1.51. The van der Waals surface area contributed by atoms with Crippen LogP contribution < -0.4 is 16.0 Å². The van der Waals surface area contributed by atoms with Crippen molar-refractivity contribution < 1.29 is 9.59 Å². The van der Waals surface area contributed by atoms with Crippen molar-refractivity contribution in [1.82, 2.24) is 30.9 Å². The molecule has 0 unspecified atom stereocenters. The zero-order chi connectivity index (χ0) is 15.0. The zero-order valence-corrected chi connectivity index (χ0v) is 12.1. The highest BCUT2D eigenvalue weighted by molar-refractivity contribution is 5.94. The normalized spacial score (nSPS) is 10.6. The minimum Gasteiger partial charge on any atom is -0.338 e. The molecule has 3 N–H and O–H groups in total. The van der Waals surface area contributed by atoms with Gasteiger partial charge in [-0.2, -0.15) is 0 Å². The summed E-state index contributed by atoms with van der Waals surface area (Å²) in [6, 6.07) is -0.480. The summed E-state index contributed by atoms with van der Waals surface area (Å²) in [6.07, 6.45) is 2.53. The molecule has 8 heteroatoms. The smallest absolute Gasteiger partial charge is 0.321 e. The molecule has 8 nitrogen and oxygen atoms in total. The highest BCUT2D eigenvalue weighted by atomic mass is 16.2. The maximum Gasteiger partial charge on any atom is 0.321 e. The summed E-state index contributed by atoms with van der Waals surface area (Å²) in [7, 11) is 1.80. The molecular formula is C12H22N6O2. The van der Waals surface area contributed by atoms with E-state index in [4.69, 9.17) is 0 Å². The molecule has 0 aromatic carbocycles. The highest BCUT2D eigenvalue weighted by Crippen LogP contribution is 1.96. The molecule has 20 heavy (non-hydrogen) atoms. The third kappa shape index (κ3) is 6.28. The van der Waals surface area contributed by atoms with Crippen LogP contribution in [-0.4, -0.2) is 40.5 Å². The van der Waals surface area contributed by atoms with E-state index >= 15 is 0 Å². The fourth-order valence-corrected chi connectivity index (χ4v) is 1.51. The molecule has 0 spiro atoms. The number of carbonyl (C=O) groups is 2. The second-order valence-corrected chi connectivity index (χ2v) is 4.92. The zero-order valence-electron chi connectivity index (χ0n) is 12.1. The lowest BCUT2D eigenvalue weighted by atomic mass is 10.1. The molecular weight excluding hydrogens is 260 g/mol. The van der Waals surface area contributed by atoms with Gasteiger partial charge in [0.15, 0.2) is 0 Å². The molecule has 1 aromatic rings. The number of aromatic nitrogens is 3. The monoisotopic (exact) mass is 282 g/mol. The molecule has 0 aliphatic heterocycles. The first-order valence-corrected chi connectivity index (χ1v) is 6.62. The van der Waals surface area contributed by atoms with Gasteiger partial charge in [0.1, 0.15) is 6.54 Å². The van der Waals surface area contributed by atoms with Crippen molar-refractivity contribution in [3.63, 3.8) is 0 Å². The average Bonchev–Trinajstić information content (AvgIpc) is 2.76. The van der Waals surface area contributed by atoms with E-state index in [1.165, 1.54) is 4.68 Å². The third-order valence-electron chi connectivity index (χ3n) is 2.51. The van der Waals surface area contributed by atoms with Crippen LogP contribution in [0, 0.1) is 5.92 Å². The largest absolute Gasteiger partial charge is 0.338 e. The molecule has 112 valence electrons. The predicted octanol–water partition coefficient (Wildman–Crippen LogP) is -0.131. The number of hydrogen-bond acceptors (Lipinski definition) is 5. The van der Waals surface area contributed by atoms with Gasteiger partial charge in [0.05, 0.1) is 11.9 Å². The van der Waals surface area contributed by atoms with Crippen LogP contribution in [0.3, 0.4) is 0 Å². The fraction of sp³-hybridized carbons (Fsp3) is 0.667.